The highest BCUT2D eigenvalue weighted by Gasteiger charge is 2.17. The van der Waals surface area contributed by atoms with Crippen molar-refractivity contribution in [3.8, 4) is 5.82 Å². The van der Waals surface area contributed by atoms with Crippen molar-refractivity contribution in [2.24, 2.45) is 7.05 Å². The lowest BCUT2D eigenvalue weighted by atomic mass is 10.2. The van der Waals surface area contributed by atoms with Gasteiger partial charge in [0.15, 0.2) is 0 Å². The molecule has 0 fully saturated rings. The molecule has 0 N–H and O–H groups in total. The largest absolute Gasteiger partial charge is 0.288 e. The summed E-state index contributed by atoms with van der Waals surface area (Å²) in [6.07, 6.45) is 3.78. The van der Waals surface area contributed by atoms with Crippen molar-refractivity contribution in [2.75, 3.05) is 0 Å². The van der Waals surface area contributed by atoms with E-state index < -0.39 is 0 Å². The van der Waals surface area contributed by atoms with Crippen LogP contribution in [0.15, 0.2) is 12.4 Å². The van der Waals surface area contributed by atoms with Crippen molar-refractivity contribution in [3.05, 3.63) is 29.5 Å². The van der Waals surface area contributed by atoms with Gasteiger partial charge in [-0.3, -0.25) is 9.25 Å². The average Bonchev–Trinajstić information content (AvgIpc) is 2.81. The molecule has 2 rings (SSSR count). The van der Waals surface area contributed by atoms with E-state index >= 15 is 0 Å². The van der Waals surface area contributed by atoms with Gasteiger partial charge < -0.3 is 0 Å². The van der Waals surface area contributed by atoms with Crippen LogP contribution in [0.4, 0.5) is 0 Å². The summed E-state index contributed by atoms with van der Waals surface area (Å²) < 4.78 is 3.93. The van der Waals surface area contributed by atoms with E-state index in [2.05, 4.69) is 28.5 Å². The number of hydrogen-bond acceptors (Lipinski definition) is 2. The number of nitrogens with zero attached hydrogens (tertiary/aromatic N) is 4. The molecule has 0 aromatic carbocycles. The summed E-state index contributed by atoms with van der Waals surface area (Å²) in [4.78, 5) is 4.40. The van der Waals surface area contributed by atoms with E-state index in [1.165, 1.54) is 0 Å². The third kappa shape index (κ3) is 1.97. The van der Waals surface area contributed by atoms with Crippen molar-refractivity contribution < 1.29 is 0 Å². The van der Waals surface area contributed by atoms with E-state index in [9.17, 15) is 0 Å². The lowest BCUT2D eigenvalue weighted by Crippen LogP contribution is -2.09. The third-order valence-electron chi connectivity index (χ3n) is 2.86. The summed E-state index contributed by atoms with van der Waals surface area (Å²) in [6.45, 7) is 6.23. The van der Waals surface area contributed by atoms with E-state index in [1.54, 1.807) is 0 Å². The Kier molecular flexibility index (Phi) is 3.24. The molecule has 0 aliphatic rings. The zero-order chi connectivity index (χ0) is 12.6. The molecule has 0 saturated carbocycles. The van der Waals surface area contributed by atoms with Crippen LogP contribution in [0, 0.1) is 6.92 Å². The summed E-state index contributed by atoms with van der Waals surface area (Å²) in [5.41, 5.74) is 2.04. The van der Waals surface area contributed by atoms with Gasteiger partial charge in [-0.05, 0) is 6.92 Å². The minimum absolute atomic E-state index is 0.364. The molecule has 0 radical (unpaired) electrons. The SMILES string of the molecule is Cc1nn(C)c(-n2ccnc2C(C)C)c1CCl. The first-order valence-electron chi connectivity index (χ1n) is 5.68. The van der Waals surface area contributed by atoms with Gasteiger partial charge in [-0.2, -0.15) is 5.10 Å². The molecule has 0 amide bonds. The molecule has 2 aromatic heterocycles. The molecule has 92 valence electrons. The minimum atomic E-state index is 0.364. The van der Waals surface area contributed by atoms with Crippen LogP contribution in [-0.2, 0) is 12.9 Å². The Morgan fingerprint density at radius 3 is 2.71 bits per heavy atom. The number of halogens is 1. The van der Waals surface area contributed by atoms with E-state index in [-0.39, 0.29) is 0 Å². The van der Waals surface area contributed by atoms with Crippen molar-refractivity contribution in [3.63, 3.8) is 0 Å². The smallest absolute Gasteiger partial charge is 0.140 e. The highest BCUT2D eigenvalue weighted by atomic mass is 35.5. The highest BCUT2D eigenvalue weighted by molar-refractivity contribution is 6.17. The second kappa shape index (κ2) is 4.53. The topological polar surface area (TPSA) is 35.6 Å². The molecule has 0 atom stereocenters. The monoisotopic (exact) mass is 252 g/mol. The molecule has 0 unspecified atom stereocenters. The van der Waals surface area contributed by atoms with E-state index in [0.717, 1.165) is 22.9 Å². The maximum Gasteiger partial charge on any atom is 0.140 e. The van der Waals surface area contributed by atoms with Gasteiger partial charge >= 0.3 is 0 Å². The first-order valence-corrected chi connectivity index (χ1v) is 6.21. The summed E-state index contributed by atoms with van der Waals surface area (Å²) in [5, 5.41) is 4.42. The number of imidazole rings is 1. The number of rotatable bonds is 3. The first-order chi connectivity index (χ1) is 8.06. The predicted molar refractivity (Wildman–Crippen MR) is 68.7 cm³/mol. The maximum absolute atomic E-state index is 6.01. The Bertz CT molecular complexity index is 525. The number of alkyl halides is 1. The standard InChI is InChI=1S/C12H17ClN4/c1-8(2)11-14-5-6-17(11)12-10(7-13)9(3)15-16(12)4/h5-6,8H,7H2,1-4H3. The molecule has 2 aromatic rings. The van der Waals surface area contributed by atoms with Gasteiger partial charge in [0.2, 0.25) is 0 Å². The van der Waals surface area contributed by atoms with Crippen molar-refractivity contribution >= 4 is 11.6 Å². The van der Waals surface area contributed by atoms with Crippen LogP contribution in [0.3, 0.4) is 0 Å². The summed E-state index contributed by atoms with van der Waals surface area (Å²) >= 11 is 6.01. The fraction of sp³-hybridized carbons (Fsp3) is 0.500. The Hall–Kier alpha value is -1.29. The molecule has 0 aliphatic carbocycles. The van der Waals surface area contributed by atoms with Gasteiger partial charge in [0.1, 0.15) is 11.6 Å². The van der Waals surface area contributed by atoms with Gasteiger partial charge in [0.05, 0.1) is 11.6 Å². The number of aromatic nitrogens is 4. The van der Waals surface area contributed by atoms with Crippen LogP contribution in [0.2, 0.25) is 0 Å². The minimum Gasteiger partial charge on any atom is -0.288 e. The summed E-state index contributed by atoms with van der Waals surface area (Å²) in [7, 11) is 1.93. The Morgan fingerprint density at radius 1 is 1.41 bits per heavy atom. The zero-order valence-electron chi connectivity index (χ0n) is 10.6. The first kappa shape index (κ1) is 12.2. The van der Waals surface area contributed by atoms with E-state index in [1.807, 2.05) is 31.0 Å². The Labute approximate surface area is 106 Å². The molecule has 0 aliphatic heterocycles. The molecular formula is C12H17ClN4. The summed E-state index contributed by atoms with van der Waals surface area (Å²) in [6, 6.07) is 0. The maximum atomic E-state index is 6.01. The van der Waals surface area contributed by atoms with Crippen LogP contribution >= 0.6 is 11.6 Å². The van der Waals surface area contributed by atoms with Crippen LogP contribution in [0.1, 0.15) is 36.8 Å². The fourth-order valence-electron chi connectivity index (χ4n) is 2.07. The Morgan fingerprint density at radius 2 is 2.12 bits per heavy atom. The van der Waals surface area contributed by atoms with Gasteiger partial charge in [0, 0.05) is 30.9 Å². The molecule has 5 heteroatoms. The van der Waals surface area contributed by atoms with Gasteiger partial charge in [-0.15, -0.1) is 11.6 Å². The normalized spacial score (nSPS) is 11.4. The molecular weight excluding hydrogens is 236 g/mol. The average molecular weight is 253 g/mol. The molecule has 0 bridgehead atoms. The lowest BCUT2D eigenvalue weighted by Gasteiger charge is -2.12. The lowest BCUT2D eigenvalue weighted by molar-refractivity contribution is 0.682. The number of aryl methyl sites for hydroxylation is 2. The predicted octanol–water partition coefficient (Wildman–Crippen LogP) is 2.78. The fourth-order valence-corrected chi connectivity index (χ4v) is 2.38. The second-order valence-corrected chi connectivity index (χ2v) is 4.72. The quantitative estimate of drug-likeness (QED) is 0.788. The van der Waals surface area contributed by atoms with Gasteiger partial charge in [-0.1, -0.05) is 13.8 Å². The van der Waals surface area contributed by atoms with Gasteiger partial charge in [-0.25, -0.2) is 4.98 Å². The second-order valence-electron chi connectivity index (χ2n) is 4.45. The number of hydrogen-bond donors (Lipinski definition) is 0. The summed E-state index contributed by atoms with van der Waals surface area (Å²) in [5.74, 6) is 2.87. The zero-order valence-corrected chi connectivity index (χ0v) is 11.4. The molecule has 17 heavy (non-hydrogen) atoms. The van der Waals surface area contributed by atoms with Crippen LogP contribution in [0.25, 0.3) is 5.82 Å². The highest BCUT2D eigenvalue weighted by Crippen LogP contribution is 2.23. The molecule has 4 nitrogen and oxygen atoms in total. The van der Waals surface area contributed by atoms with Crippen LogP contribution in [-0.4, -0.2) is 19.3 Å². The Balaban J connectivity index is 2.64. The van der Waals surface area contributed by atoms with Crippen molar-refractivity contribution in [2.45, 2.75) is 32.6 Å². The molecule has 0 saturated heterocycles. The van der Waals surface area contributed by atoms with Crippen LogP contribution < -0.4 is 0 Å². The van der Waals surface area contributed by atoms with E-state index in [4.69, 9.17) is 11.6 Å². The molecule has 2 heterocycles. The van der Waals surface area contributed by atoms with Crippen LogP contribution in [0.5, 0.6) is 0 Å². The van der Waals surface area contributed by atoms with Gasteiger partial charge in [0.25, 0.3) is 0 Å². The van der Waals surface area contributed by atoms with Crippen molar-refractivity contribution in [1.29, 1.82) is 0 Å². The van der Waals surface area contributed by atoms with E-state index in [0.29, 0.717) is 11.8 Å². The third-order valence-corrected chi connectivity index (χ3v) is 3.13. The molecule has 0 spiro atoms. The van der Waals surface area contributed by atoms with Crippen molar-refractivity contribution in [1.82, 2.24) is 19.3 Å².